The summed E-state index contributed by atoms with van der Waals surface area (Å²) in [5, 5.41) is 0. The summed E-state index contributed by atoms with van der Waals surface area (Å²) >= 11 is 0. The van der Waals surface area contributed by atoms with Crippen molar-refractivity contribution in [3.8, 4) is 0 Å². The van der Waals surface area contributed by atoms with Crippen LogP contribution in [0.5, 0.6) is 0 Å². The molecule has 3 rings (SSSR count). The van der Waals surface area contributed by atoms with Crippen LogP contribution in [0.15, 0.2) is 16.9 Å². The minimum Gasteiger partial charge on any atom is -0.311 e. The van der Waals surface area contributed by atoms with Gasteiger partial charge in [-0.05, 0) is 50.5 Å². The Labute approximate surface area is 150 Å². The number of Topliss-reactive ketones (excluding diaryl/α,β-unsaturated/α-hetero) is 1. The summed E-state index contributed by atoms with van der Waals surface area (Å²) in [6.45, 7) is 5.02. The Morgan fingerprint density at radius 3 is 2.69 bits per heavy atom. The number of anilines is 1. The van der Waals surface area contributed by atoms with Crippen molar-refractivity contribution in [2.24, 2.45) is 0 Å². The maximum absolute atomic E-state index is 13.8. The van der Waals surface area contributed by atoms with Crippen molar-refractivity contribution in [2.45, 2.75) is 40.0 Å². The SMILES string of the molecule is Cc1nc(C)c(CCC(=O)N2CC(=O)Cc3cc(F)c(C)cc32)c(=O)[nH]1. The highest BCUT2D eigenvalue weighted by Gasteiger charge is 2.28. The number of carbonyl (C=O) groups is 2. The smallest absolute Gasteiger partial charge is 0.254 e. The highest BCUT2D eigenvalue weighted by molar-refractivity contribution is 6.03. The molecular formula is C19H20FN3O3. The van der Waals surface area contributed by atoms with Gasteiger partial charge in [-0.25, -0.2) is 9.37 Å². The van der Waals surface area contributed by atoms with Gasteiger partial charge in [-0.3, -0.25) is 14.4 Å². The Hall–Kier alpha value is -2.83. The van der Waals surface area contributed by atoms with Crippen LogP contribution in [0.1, 0.15) is 34.6 Å². The number of benzene rings is 1. The van der Waals surface area contributed by atoms with Crippen LogP contribution in [0.4, 0.5) is 10.1 Å². The lowest BCUT2D eigenvalue weighted by Gasteiger charge is -2.29. The lowest BCUT2D eigenvalue weighted by atomic mass is 9.98. The van der Waals surface area contributed by atoms with E-state index >= 15 is 0 Å². The van der Waals surface area contributed by atoms with E-state index in [4.69, 9.17) is 0 Å². The molecule has 0 unspecified atom stereocenters. The van der Waals surface area contributed by atoms with Gasteiger partial charge >= 0.3 is 0 Å². The van der Waals surface area contributed by atoms with Crippen molar-refractivity contribution in [1.29, 1.82) is 0 Å². The summed E-state index contributed by atoms with van der Waals surface area (Å²) < 4.78 is 13.8. The number of nitrogens with one attached hydrogen (secondary N) is 1. The fourth-order valence-corrected chi connectivity index (χ4v) is 3.27. The van der Waals surface area contributed by atoms with E-state index in [1.807, 2.05) is 0 Å². The number of aryl methyl sites for hydroxylation is 3. The molecule has 0 saturated heterocycles. The second-order valence-electron chi connectivity index (χ2n) is 6.64. The average Bonchev–Trinajstić information content (AvgIpc) is 2.54. The van der Waals surface area contributed by atoms with Crippen molar-refractivity contribution in [3.63, 3.8) is 0 Å². The number of aromatic nitrogens is 2. The van der Waals surface area contributed by atoms with Gasteiger partial charge in [0.05, 0.1) is 6.54 Å². The van der Waals surface area contributed by atoms with Gasteiger partial charge in [0.1, 0.15) is 11.6 Å². The number of ketones is 1. The number of amides is 1. The average molecular weight is 357 g/mol. The molecule has 7 heteroatoms. The van der Waals surface area contributed by atoms with Crippen LogP contribution in [-0.2, 0) is 22.4 Å². The topological polar surface area (TPSA) is 83.1 Å². The van der Waals surface area contributed by atoms with Crippen molar-refractivity contribution in [2.75, 3.05) is 11.4 Å². The molecule has 1 amide bonds. The summed E-state index contributed by atoms with van der Waals surface area (Å²) in [5.74, 6) is -0.279. The first-order chi connectivity index (χ1) is 12.3. The molecule has 2 heterocycles. The molecule has 0 spiro atoms. The van der Waals surface area contributed by atoms with Gasteiger partial charge in [0.15, 0.2) is 5.78 Å². The highest BCUT2D eigenvalue weighted by Crippen LogP contribution is 2.29. The molecule has 0 saturated carbocycles. The molecule has 1 aliphatic heterocycles. The summed E-state index contributed by atoms with van der Waals surface area (Å²) in [4.78, 5) is 45.0. The van der Waals surface area contributed by atoms with E-state index in [1.54, 1.807) is 26.8 Å². The molecule has 26 heavy (non-hydrogen) atoms. The van der Waals surface area contributed by atoms with Crippen LogP contribution in [0.2, 0.25) is 0 Å². The number of nitrogens with zero attached hydrogens (tertiary/aromatic N) is 2. The number of hydrogen-bond donors (Lipinski definition) is 1. The third kappa shape index (κ3) is 3.42. The maximum Gasteiger partial charge on any atom is 0.254 e. The molecule has 0 bridgehead atoms. The zero-order chi connectivity index (χ0) is 19.0. The first-order valence-electron chi connectivity index (χ1n) is 8.43. The van der Waals surface area contributed by atoms with E-state index in [0.29, 0.717) is 33.9 Å². The van der Waals surface area contributed by atoms with E-state index in [1.165, 1.54) is 11.0 Å². The number of carbonyl (C=O) groups excluding carboxylic acids is 2. The van der Waals surface area contributed by atoms with Crippen LogP contribution in [0.3, 0.4) is 0 Å². The largest absolute Gasteiger partial charge is 0.311 e. The predicted octanol–water partition coefficient (Wildman–Crippen LogP) is 1.93. The Morgan fingerprint density at radius 1 is 1.27 bits per heavy atom. The van der Waals surface area contributed by atoms with Gasteiger partial charge in [-0.1, -0.05) is 0 Å². The molecule has 1 aliphatic rings. The number of aromatic amines is 1. The molecular weight excluding hydrogens is 337 g/mol. The first kappa shape index (κ1) is 18.0. The van der Waals surface area contributed by atoms with Crippen LogP contribution in [0, 0.1) is 26.6 Å². The normalized spacial score (nSPS) is 13.7. The zero-order valence-electron chi connectivity index (χ0n) is 15.0. The summed E-state index contributed by atoms with van der Waals surface area (Å²) in [6, 6.07) is 2.92. The van der Waals surface area contributed by atoms with Gasteiger partial charge in [-0.15, -0.1) is 0 Å². The van der Waals surface area contributed by atoms with Crippen LogP contribution < -0.4 is 10.5 Å². The van der Waals surface area contributed by atoms with E-state index in [9.17, 15) is 18.8 Å². The summed E-state index contributed by atoms with van der Waals surface area (Å²) in [7, 11) is 0. The second kappa shape index (κ2) is 6.82. The second-order valence-corrected chi connectivity index (χ2v) is 6.64. The van der Waals surface area contributed by atoms with E-state index in [-0.39, 0.29) is 43.1 Å². The van der Waals surface area contributed by atoms with Crippen molar-refractivity contribution >= 4 is 17.4 Å². The molecule has 2 aromatic rings. The minimum absolute atomic E-state index is 0.0294. The number of hydrogen-bond acceptors (Lipinski definition) is 4. The molecule has 0 fully saturated rings. The Kier molecular flexibility index (Phi) is 4.71. The Bertz CT molecular complexity index is 965. The fraction of sp³-hybridized carbons (Fsp3) is 0.368. The van der Waals surface area contributed by atoms with Crippen LogP contribution in [-0.4, -0.2) is 28.2 Å². The number of rotatable bonds is 3. The minimum atomic E-state index is -0.390. The predicted molar refractivity (Wildman–Crippen MR) is 94.9 cm³/mol. The number of H-pyrrole nitrogens is 1. The summed E-state index contributed by atoms with van der Waals surface area (Å²) in [6.07, 6.45) is 0.419. The fourth-order valence-electron chi connectivity index (χ4n) is 3.27. The third-order valence-electron chi connectivity index (χ3n) is 4.60. The molecule has 1 aromatic carbocycles. The lowest BCUT2D eigenvalue weighted by molar-refractivity contribution is -0.122. The van der Waals surface area contributed by atoms with Gasteiger partial charge in [0, 0.05) is 29.8 Å². The van der Waals surface area contributed by atoms with Crippen LogP contribution in [0.25, 0.3) is 0 Å². The maximum atomic E-state index is 13.8. The first-order valence-corrected chi connectivity index (χ1v) is 8.43. The molecule has 0 atom stereocenters. The van der Waals surface area contributed by atoms with Crippen LogP contribution >= 0.6 is 0 Å². The van der Waals surface area contributed by atoms with Crippen molar-refractivity contribution in [1.82, 2.24) is 9.97 Å². The molecule has 1 N–H and O–H groups in total. The third-order valence-corrected chi connectivity index (χ3v) is 4.60. The number of fused-ring (bicyclic) bond motifs is 1. The van der Waals surface area contributed by atoms with Crippen molar-refractivity contribution < 1.29 is 14.0 Å². The van der Waals surface area contributed by atoms with E-state index < -0.39 is 5.82 Å². The highest BCUT2D eigenvalue weighted by atomic mass is 19.1. The van der Waals surface area contributed by atoms with E-state index in [2.05, 4.69) is 9.97 Å². The van der Waals surface area contributed by atoms with Gasteiger partial charge in [-0.2, -0.15) is 0 Å². The summed E-state index contributed by atoms with van der Waals surface area (Å²) in [5.41, 5.74) is 2.31. The standard InChI is InChI=1S/C19H20FN3O3/c1-10-6-17-13(8-16(10)20)7-14(24)9-23(17)18(25)5-4-15-11(2)21-12(3)22-19(15)26/h6,8H,4-5,7,9H2,1-3H3,(H,21,22,26). The van der Waals surface area contributed by atoms with Gasteiger partial charge < -0.3 is 9.88 Å². The quantitative estimate of drug-likeness (QED) is 0.910. The Morgan fingerprint density at radius 2 is 2.00 bits per heavy atom. The molecule has 0 radical (unpaired) electrons. The molecule has 6 nitrogen and oxygen atoms in total. The molecule has 1 aromatic heterocycles. The van der Waals surface area contributed by atoms with E-state index in [0.717, 1.165) is 0 Å². The van der Waals surface area contributed by atoms with Gasteiger partial charge in [0.25, 0.3) is 5.56 Å². The Balaban J connectivity index is 1.84. The van der Waals surface area contributed by atoms with Crippen molar-refractivity contribution in [3.05, 3.63) is 56.5 Å². The molecule has 136 valence electrons. The monoisotopic (exact) mass is 357 g/mol. The zero-order valence-corrected chi connectivity index (χ0v) is 15.0. The lowest BCUT2D eigenvalue weighted by Crippen LogP contribution is -2.40. The molecule has 0 aliphatic carbocycles. The van der Waals surface area contributed by atoms with Gasteiger partial charge in [0.2, 0.25) is 5.91 Å². The number of halogens is 1.